The number of aliphatic imine (C=N–C) groups is 1. The standard InChI is InChI=1S/C19H34N8O8/c1-9(25-16(32)10(20)4-7-14(29)30)15(31)26-11(5-6-13(21)28)17(33)27-12(18(34)35)3-2-8-24-19(22)23/h9-12H,2-8,20H2,1H3,(H2,21,28)(H,25,32)(H,26,31)(H,27,33)(H,29,30)(H,34,35)(H4,22,23,24). The van der Waals surface area contributed by atoms with Gasteiger partial charge in [-0.3, -0.25) is 29.0 Å². The number of primary amides is 1. The number of aliphatic carboxylic acids is 2. The third kappa shape index (κ3) is 14.0. The van der Waals surface area contributed by atoms with Gasteiger partial charge >= 0.3 is 11.9 Å². The summed E-state index contributed by atoms with van der Waals surface area (Å²) in [6, 6.07) is -5.02. The first-order valence-corrected chi connectivity index (χ1v) is 10.7. The maximum atomic E-state index is 12.7. The number of carbonyl (C=O) groups is 6. The van der Waals surface area contributed by atoms with Crippen LogP contribution < -0.4 is 38.9 Å². The molecule has 0 aliphatic heterocycles. The third-order valence-electron chi connectivity index (χ3n) is 4.63. The van der Waals surface area contributed by atoms with Gasteiger partial charge in [-0.1, -0.05) is 0 Å². The zero-order valence-electron chi connectivity index (χ0n) is 19.4. The molecule has 0 heterocycles. The Kier molecular flexibility index (Phi) is 14.0. The van der Waals surface area contributed by atoms with Crippen molar-refractivity contribution in [2.45, 2.75) is 69.6 Å². The molecule has 0 aliphatic carbocycles. The number of nitrogens with one attached hydrogen (secondary N) is 3. The van der Waals surface area contributed by atoms with Gasteiger partial charge in [-0.25, -0.2) is 4.79 Å². The van der Waals surface area contributed by atoms with E-state index in [0.29, 0.717) is 0 Å². The van der Waals surface area contributed by atoms with Crippen LogP contribution in [0.1, 0.15) is 45.4 Å². The molecule has 16 nitrogen and oxygen atoms in total. The number of guanidine groups is 1. The van der Waals surface area contributed by atoms with E-state index in [1.807, 2.05) is 0 Å². The van der Waals surface area contributed by atoms with Crippen LogP contribution in [-0.4, -0.2) is 82.5 Å². The Hall–Kier alpha value is -3.95. The fraction of sp³-hybridized carbons (Fsp3) is 0.632. The molecule has 0 rings (SSSR count). The van der Waals surface area contributed by atoms with Crippen LogP contribution in [0.25, 0.3) is 0 Å². The molecule has 4 atom stereocenters. The van der Waals surface area contributed by atoms with E-state index in [4.69, 9.17) is 28.0 Å². The second-order valence-corrected chi connectivity index (χ2v) is 7.68. The monoisotopic (exact) mass is 502 g/mol. The summed E-state index contributed by atoms with van der Waals surface area (Å²) in [4.78, 5) is 74.2. The molecule has 16 heteroatoms. The van der Waals surface area contributed by atoms with Crippen LogP contribution in [0.15, 0.2) is 4.99 Å². The number of rotatable bonds is 17. The van der Waals surface area contributed by atoms with Crippen LogP contribution in [-0.2, 0) is 28.8 Å². The average Bonchev–Trinajstić information content (AvgIpc) is 2.75. The van der Waals surface area contributed by atoms with Gasteiger partial charge in [0, 0.05) is 19.4 Å². The highest BCUT2D eigenvalue weighted by molar-refractivity contribution is 5.94. The number of hydrogen-bond donors (Lipinski definition) is 9. The summed E-state index contributed by atoms with van der Waals surface area (Å²) in [5.41, 5.74) is 21.1. The van der Waals surface area contributed by atoms with Gasteiger partial charge in [0.15, 0.2) is 5.96 Å². The Morgan fingerprint density at radius 1 is 0.800 bits per heavy atom. The predicted molar refractivity (Wildman–Crippen MR) is 122 cm³/mol. The first-order valence-electron chi connectivity index (χ1n) is 10.7. The fourth-order valence-corrected chi connectivity index (χ4v) is 2.68. The van der Waals surface area contributed by atoms with E-state index in [1.165, 1.54) is 6.92 Å². The molecule has 0 fully saturated rings. The zero-order valence-corrected chi connectivity index (χ0v) is 19.4. The summed E-state index contributed by atoms with van der Waals surface area (Å²) in [5, 5.41) is 24.9. The molecule has 0 saturated carbocycles. The van der Waals surface area contributed by atoms with Crippen LogP contribution in [0.5, 0.6) is 0 Å². The van der Waals surface area contributed by atoms with Gasteiger partial charge in [-0.2, -0.15) is 0 Å². The third-order valence-corrected chi connectivity index (χ3v) is 4.63. The molecule has 0 saturated heterocycles. The maximum Gasteiger partial charge on any atom is 0.326 e. The largest absolute Gasteiger partial charge is 0.481 e. The molecule has 0 aliphatic rings. The molecule has 0 radical (unpaired) electrons. The molecule has 0 aromatic heterocycles. The van der Waals surface area contributed by atoms with Crippen LogP contribution in [0.3, 0.4) is 0 Å². The Balaban J connectivity index is 5.16. The molecule has 0 spiro atoms. The fourth-order valence-electron chi connectivity index (χ4n) is 2.68. The van der Waals surface area contributed by atoms with Crippen molar-refractivity contribution in [1.29, 1.82) is 0 Å². The van der Waals surface area contributed by atoms with Crippen LogP contribution >= 0.6 is 0 Å². The van der Waals surface area contributed by atoms with Crippen molar-refractivity contribution in [2.24, 2.45) is 27.9 Å². The van der Waals surface area contributed by atoms with Gasteiger partial charge in [0.25, 0.3) is 0 Å². The summed E-state index contributed by atoms with van der Waals surface area (Å²) in [6.07, 6.45) is -0.804. The topological polar surface area (TPSA) is 295 Å². The summed E-state index contributed by atoms with van der Waals surface area (Å²) >= 11 is 0. The highest BCUT2D eigenvalue weighted by atomic mass is 16.4. The molecule has 4 amide bonds. The summed E-state index contributed by atoms with van der Waals surface area (Å²) < 4.78 is 0. The SMILES string of the molecule is CC(NC(=O)C(N)CCC(=O)O)C(=O)NC(CCC(N)=O)C(=O)NC(CCCN=C(N)N)C(=O)O. The smallest absolute Gasteiger partial charge is 0.326 e. The van der Waals surface area contributed by atoms with Gasteiger partial charge in [0.2, 0.25) is 23.6 Å². The Morgan fingerprint density at radius 3 is 1.91 bits per heavy atom. The van der Waals surface area contributed by atoms with E-state index >= 15 is 0 Å². The number of nitrogens with zero attached hydrogens (tertiary/aromatic N) is 1. The average molecular weight is 503 g/mol. The van der Waals surface area contributed by atoms with Crippen LogP contribution in [0.2, 0.25) is 0 Å². The van der Waals surface area contributed by atoms with Gasteiger partial charge < -0.3 is 49.1 Å². The lowest BCUT2D eigenvalue weighted by molar-refractivity contribution is -0.142. The molecule has 35 heavy (non-hydrogen) atoms. The highest BCUT2D eigenvalue weighted by Crippen LogP contribution is 2.04. The number of hydrogen-bond acceptors (Lipinski definition) is 8. The highest BCUT2D eigenvalue weighted by Gasteiger charge is 2.29. The number of amides is 4. The number of carboxylic acid groups (broad SMARTS) is 2. The predicted octanol–water partition coefficient (Wildman–Crippen LogP) is -3.94. The van der Waals surface area contributed by atoms with Gasteiger partial charge in [0.1, 0.15) is 18.1 Å². The van der Waals surface area contributed by atoms with Crippen molar-refractivity contribution in [3.63, 3.8) is 0 Å². The summed E-state index contributed by atoms with van der Waals surface area (Å²) in [6.45, 7) is 1.43. The Morgan fingerprint density at radius 2 is 1.40 bits per heavy atom. The van der Waals surface area contributed by atoms with Crippen molar-refractivity contribution in [2.75, 3.05) is 6.54 Å². The number of carbonyl (C=O) groups excluding carboxylic acids is 4. The van der Waals surface area contributed by atoms with E-state index < -0.39 is 59.7 Å². The quantitative estimate of drug-likeness (QED) is 0.0525. The van der Waals surface area contributed by atoms with Crippen LogP contribution in [0, 0.1) is 0 Å². The lowest BCUT2D eigenvalue weighted by Crippen LogP contribution is -2.56. The minimum Gasteiger partial charge on any atom is -0.481 e. The molecule has 4 unspecified atom stereocenters. The zero-order chi connectivity index (χ0) is 27.1. The molecule has 0 bridgehead atoms. The Bertz CT molecular complexity index is 815. The minimum absolute atomic E-state index is 0.0188. The van der Waals surface area contributed by atoms with Crippen molar-refractivity contribution in [1.82, 2.24) is 16.0 Å². The lowest BCUT2D eigenvalue weighted by Gasteiger charge is -2.23. The van der Waals surface area contributed by atoms with Gasteiger partial charge in [0.05, 0.1) is 6.04 Å². The van der Waals surface area contributed by atoms with Crippen LogP contribution in [0.4, 0.5) is 0 Å². The number of nitrogens with two attached hydrogens (primary N) is 4. The lowest BCUT2D eigenvalue weighted by atomic mass is 10.1. The van der Waals surface area contributed by atoms with Gasteiger partial charge in [-0.05, 0) is 32.6 Å². The molecule has 13 N–H and O–H groups in total. The second-order valence-electron chi connectivity index (χ2n) is 7.68. The maximum absolute atomic E-state index is 12.7. The normalized spacial score (nSPS) is 13.9. The molecule has 0 aromatic carbocycles. The summed E-state index contributed by atoms with van der Waals surface area (Å²) in [5.74, 6) is -5.89. The van der Waals surface area contributed by atoms with Crippen molar-refractivity contribution in [3.05, 3.63) is 0 Å². The second kappa shape index (κ2) is 15.8. The molecular weight excluding hydrogens is 468 g/mol. The van der Waals surface area contributed by atoms with E-state index in [2.05, 4.69) is 20.9 Å². The molecule has 0 aromatic rings. The summed E-state index contributed by atoms with van der Waals surface area (Å²) in [7, 11) is 0. The van der Waals surface area contributed by atoms with E-state index in [1.54, 1.807) is 0 Å². The van der Waals surface area contributed by atoms with Crippen molar-refractivity contribution < 1.29 is 39.0 Å². The van der Waals surface area contributed by atoms with Crippen molar-refractivity contribution in [3.8, 4) is 0 Å². The molecule has 198 valence electrons. The van der Waals surface area contributed by atoms with E-state index in [-0.39, 0.29) is 51.0 Å². The Labute approximate surface area is 201 Å². The minimum atomic E-state index is -1.34. The van der Waals surface area contributed by atoms with E-state index in [9.17, 15) is 33.9 Å². The first kappa shape index (κ1) is 31.0. The number of carboxylic acids is 2. The van der Waals surface area contributed by atoms with Gasteiger partial charge in [-0.15, -0.1) is 0 Å². The van der Waals surface area contributed by atoms with Crippen molar-refractivity contribution >= 4 is 41.5 Å². The first-order chi connectivity index (χ1) is 16.2. The van der Waals surface area contributed by atoms with E-state index in [0.717, 1.165) is 0 Å². The molecular formula is C19H34N8O8.